The summed E-state index contributed by atoms with van der Waals surface area (Å²) in [6.07, 6.45) is 0.712. The maximum Gasteiger partial charge on any atom is 0.234 e. The first-order chi connectivity index (χ1) is 11.8. The van der Waals surface area contributed by atoms with E-state index < -0.39 is 0 Å². The molecule has 4 aromatic rings. The van der Waals surface area contributed by atoms with Gasteiger partial charge in [0.25, 0.3) is 0 Å². The smallest absolute Gasteiger partial charge is 0.234 e. The van der Waals surface area contributed by atoms with Crippen molar-refractivity contribution in [1.29, 1.82) is 0 Å². The monoisotopic (exact) mass is 336 g/mol. The Morgan fingerprint density at radius 2 is 1.79 bits per heavy atom. The molecular formula is C18H16N4OS. The van der Waals surface area contributed by atoms with E-state index in [0.29, 0.717) is 13.0 Å². The zero-order valence-corrected chi connectivity index (χ0v) is 14.0. The molecule has 0 aliphatic carbocycles. The molecule has 0 bridgehead atoms. The Morgan fingerprint density at radius 3 is 2.58 bits per heavy atom. The topological polar surface area (TPSA) is 52.3 Å². The lowest BCUT2D eigenvalue weighted by Crippen LogP contribution is -2.00. The van der Waals surface area contributed by atoms with Gasteiger partial charge in [-0.1, -0.05) is 59.4 Å². The van der Waals surface area contributed by atoms with Gasteiger partial charge in [-0.05, 0) is 24.6 Å². The van der Waals surface area contributed by atoms with Gasteiger partial charge in [0.15, 0.2) is 10.8 Å². The highest BCUT2D eigenvalue weighted by molar-refractivity contribution is 7.16. The van der Waals surface area contributed by atoms with Crippen LogP contribution in [0.2, 0.25) is 0 Å². The Morgan fingerprint density at radius 1 is 1.00 bits per heavy atom. The molecule has 0 saturated carbocycles. The van der Waals surface area contributed by atoms with Crippen LogP contribution in [0.4, 0.5) is 0 Å². The molecule has 2 aromatic carbocycles. The molecule has 0 N–H and O–H groups in total. The lowest BCUT2D eigenvalue weighted by Gasteiger charge is -2.03. The molecule has 120 valence electrons. The van der Waals surface area contributed by atoms with Crippen LogP contribution in [0.25, 0.3) is 4.96 Å². The maximum atomic E-state index is 5.79. The van der Waals surface area contributed by atoms with Crippen LogP contribution in [0.1, 0.15) is 22.0 Å². The fourth-order valence-electron chi connectivity index (χ4n) is 2.42. The van der Waals surface area contributed by atoms with Gasteiger partial charge in [-0.25, -0.2) is 0 Å². The molecule has 0 aliphatic rings. The van der Waals surface area contributed by atoms with Crippen molar-refractivity contribution in [3.8, 4) is 5.75 Å². The summed E-state index contributed by atoms with van der Waals surface area (Å²) in [5, 5.41) is 13.9. The normalized spacial score (nSPS) is 11.0. The fraction of sp³-hybridized carbons (Fsp3) is 0.167. The molecule has 0 spiro atoms. The van der Waals surface area contributed by atoms with E-state index in [0.717, 1.165) is 21.5 Å². The average molecular weight is 336 g/mol. The second-order valence-corrected chi connectivity index (χ2v) is 6.61. The zero-order chi connectivity index (χ0) is 16.4. The van der Waals surface area contributed by atoms with Crippen LogP contribution >= 0.6 is 11.3 Å². The Hall–Kier alpha value is -2.73. The highest BCUT2D eigenvalue weighted by Gasteiger charge is 2.12. The summed E-state index contributed by atoms with van der Waals surface area (Å²) in [5.74, 6) is 1.69. The van der Waals surface area contributed by atoms with Gasteiger partial charge in [0, 0.05) is 6.42 Å². The molecule has 0 fully saturated rings. The molecule has 0 unspecified atom stereocenters. The fourth-order valence-corrected chi connectivity index (χ4v) is 3.19. The van der Waals surface area contributed by atoms with Crippen LogP contribution in [-0.4, -0.2) is 19.8 Å². The van der Waals surface area contributed by atoms with Crippen molar-refractivity contribution in [3.05, 3.63) is 76.6 Å². The van der Waals surface area contributed by atoms with Gasteiger partial charge in [0.1, 0.15) is 12.4 Å². The number of benzene rings is 2. The third kappa shape index (κ3) is 3.14. The lowest BCUT2D eigenvalue weighted by molar-refractivity contribution is 0.304. The Balaban J connectivity index is 1.50. The van der Waals surface area contributed by atoms with Crippen LogP contribution in [-0.2, 0) is 13.0 Å². The molecule has 24 heavy (non-hydrogen) atoms. The number of nitrogens with zero attached hydrogens (tertiary/aromatic N) is 4. The first-order valence-electron chi connectivity index (χ1n) is 7.71. The predicted octanol–water partition coefficient (Wildman–Crippen LogP) is 3.66. The molecular weight excluding hydrogens is 320 g/mol. The number of hydrogen-bond donors (Lipinski definition) is 0. The molecule has 0 aliphatic heterocycles. The summed E-state index contributed by atoms with van der Waals surface area (Å²) in [4.78, 5) is 0.795. The largest absolute Gasteiger partial charge is 0.486 e. The third-order valence-corrected chi connectivity index (χ3v) is 4.56. The second kappa shape index (κ2) is 6.41. The molecule has 2 aromatic heterocycles. The molecule has 0 atom stereocenters. The molecule has 2 heterocycles. The highest BCUT2D eigenvalue weighted by atomic mass is 32.1. The van der Waals surface area contributed by atoms with Crippen molar-refractivity contribution < 1.29 is 4.74 Å². The van der Waals surface area contributed by atoms with Crippen molar-refractivity contribution in [2.45, 2.75) is 20.0 Å². The quantitative estimate of drug-likeness (QED) is 0.558. The number of aryl methyl sites for hydroxylation is 1. The molecule has 0 amide bonds. The molecule has 5 nitrogen and oxygen atoms in total. The molecule has 6 heteroatoms. The number of ether oxygens (including phenoxy) is 1. The van der Waals surface area contributed by atoms with Gasteiger partial charge in [-0.2, -0.15) is 9.61 Å². The van der Waals surface area contributed by atoms with Crippen LogP contribution < -0.4 is 4.74 Å². The van der Waals surface area contributed by atoms with E-state index in [9.17, 15) is 0 Å². The summed E-state index contributed by atoms with van der Waals surface area (Å²) in [5.41, 5.74) is 2.41. The molecule has 4 rings (SSSR count). The van der Waals surface area contributed by atoms with Gasteiger partial charge in [0.2, 0.25) is 4.96 Å². The standard InChI is InChI=1S/C18H16N4OS/c1-13-7-9-15(10-8-13)23-12-17-21-22-16(19-20-18(22)24-17)11-14-5-3-2-4-6-14/h2-10H,11-12H2,1H3. The van der Waals surface area contributed by atoms with Gasteiger partial charge in [0.05, 0.1) is 0 Å². The van der Waals surface area contributed by atoms with Crippen molar-refractivity contribution in [2.24, 2.45) is 0 Å². The van der Waals surface area contributed by atoms with Gasteiger partial charge in [-0.15, -0.1) is 10.2 Å². The Kier molecular flexibility index (Phi) is 3.96. The average Bonchev–Trinajstić information content (AvgIpc) is 3.17. The molecule has 0 saturated heterocycles. The van der Waals surface area contributed by atoms with Crippen molar-refractivity contribution in [3.63, 3.8) is 0 Å². The van der Waals surface area contributed by atoms with E-state index in [-0.39, 0.29) is 0 Å². The van der Waals surface area contributed by atoms with E-state index >= 15 is 0 Å². The van der Waals surface area contributed by atoms with E-state index in [4.69, 9.17) is 4.74 Å². The summed E-state index contributed by atoms with van der Waals surface area (Å²) >= 11 is 1.50. The summed E-state index contributed by atoms with van der Waals surface area (Å²) in [7, 11) is 0. The minimum absolute atomic E-state index is 0.432. The zero-order valence-electron chi connectivity index (χ0n) is 13.2. The Bertz CT molecular complexity index is 944. The van der Waals surface area contributed by atoms with Gasteiger partial charge >= 0.3 is 0 Å². The van der Waals surface area contributed by atoms with E-state index in [2.05, 4.69) is 34.4 Å². The predicted molar refractivity (Wildman–Crippen MR) is 93.4 cm³/mol. The maximum absolute atomic E-state index is 5.79. The number of hydrogen-bond acceptors (Lipinski definition) is 5. The van der Waals surface area contributed by atoms with Gasteiger partial charge in [-0.3, -0.25) is 0 Å². The number of aromatic nitrogens is 4. The minimum atomic E-state index is 0.432. The Labute approximate surface area is 143 Å². The summed E-state index contributed by atoms with van der Waals surface area (Å²) in [6, 6.07) is 18.2. The highest BCUT2D eigenvalue weighted by Crippen LogP contribution is 2.19. The van der Waals surface area contributed by atoms with Crippen molar-refractivity contribution in [2.75, 3.05) is 0 Å². The summed E-state index contributed by atoms with van der Waals surface area (Å²) < 4.78 is 7.60. The number of fused-ring (bicyclic) bond motifs is 1. The van der Waals surface area contributed by atoms with Crippen LogP contribution in [0.5, 0.6) is 5.75 Å². The third-order valence-electron chi connectivity index (χ3n) is 3.69. The SMILES string of the molecule is Cc1ccc(OCc2nn3c(Cc4ccccc4)nnc3s2)cc1. The van der Waals surface area contributed by atoms with Gasteiger partial charge < -0.3 is 4.74 Å². The van der Waals surface area contributed by atoms with Crippen LogP contribution in [0.15, 0.2) is 54.6 Å². The summed E-state index contributed by atoms with van der Waals surface area (Å²) in [6.45, 7) is 2.49. The first kappa shape index (κ1) is 14.8. The van der Waals surface area contributed by atoms with Crippen molar-refractivity contribution >= 4 is 16.3 Å². The molecule has 0 radical (unpaired) electrons. The minimum Gasteiger partial charge on any atom is -0.486 e. The first-order valence-corrected chi connectivity index (χ1v) is 8.53. The lowest BCUT2D eigenvalue weighted by atomic mass is 10.1. The number of rotatable bonds is 5. The van der Waals surface area contributed by atoms with E-state index in [1.54, 1.807) is 0 Å². The van der Waals surface area contributed by atoms with Crippen molar-refractivity contribution in [1.82, 2.24) is 19.8 Å². The van der Waals surface area contributed by atoms with E-state index in [1.807, 2.05) is 47.0 Å². The van der Waals surface area contributed by atoms with Crippen LogP contribution in [0, 0.1) is 6.92 Å². The van der Waals surface area contributed by atoms with E-state index in [1.165, 1.54) is 22.5 Å². The van der Waals surface area contributed by atoms with Crippen LogP contribution in [0.3, 0.4) is 0 Å². The second-order valence-electron chi connectivity index (χ2n) is 5.57.